The van der Waals surface area contributed by atoms with E-state index in [4.69, 9.17) is 5.11 Å². The van der Waals surface area contributed by atoms with Crippen LogP contribution in [0, 0.1) is 5.41 Å². The van der Waals surface area contributed by atoms with E-state index in [0.29, 0.717) is 5.82 Å². The molecule has 1 aromatic heterocycles. The topological polar surface area (TPSA) is 79.3 Å². The number of carbonyl (C=O) groups excluding carboxylic acids is 1. The molecule has 114 valence electrons. The van der Waals surface area contributed by atoms with Crippen LogP contribution >= 0.6 is 0 Å². The average molecular weight is 290 g/mol. The van der Waals surface area contributed by atoms with Gasteiger partial charge in [0, 0.05) is 12.6 Å². The fourth-order valence-electron chi connectivity index (χ4n) is 3.15. The molecule has 0 aromatic carbocycles. The molecule has 0 unspecified atom stereocenters. The number of amides is 1. The van der Waals surface area contributed by atoms with Crippen molar-refractivity contribution in [2.75, 3.05) is 5.32 Å². The van der Waals surface area contributed by atoms with Crippen molar-refractivity contribution in [3.05, 3.63) is 23.9 Å². The van der Waals surface area contributed by atoms with Crippen LogP contribution in [0.15, 0.2) is 18.3 Å². The fraction of sp³-hybridized carbons (Fsp3) is 0.562. The number of aliphatic carboxylic acids is 1. The summed E-state index contributed by atoms with van der Waals surface area (Å²) in [6, 6.07) is 3.77. The molecule has 1 heterocycles. The maximum Gasteiger partial charge on any atom is 0.303 e. The monoisotopic (exact) mass is 290 g/mol. The van der Waals surface area contributed by atoms with Gasteiger partial charge >= 0.3 is 5.97 Å². The number of aryl methyl sites for hydroxylation is 1. The summed E-state index contributed by atoms with van der Waals surface area (Å²) in [6.07, 6.45) is 6.53. The fourth-order valence-corrected chi connectivity index (χ4v) is 3.15. The van der Waals surface area contributed by atoms with E-state index in [0.717, 1.165) is 37.7 Å². The molecule has 0 saturated heterocycles. The van der Waals surface area contributed by atoms with Gasteiger partial charge in [-0.3, -0.25) is 9.59 Å². The van der Waals surface area contributed by atoms with Gasteiger partial charge in [-0.05, 0) is 42.4 Å². The molecule has 0 aliphatic heterocycles. The number of anilines is 1. The molecule has 1 saturated carbocycles. The molecule has 21 heavy (non-hydrogen) atoms. The quantitative estimate of drug-likeness (QED) is 0.844. The van der Waals surface area contributed by atoms with E-state index in [1.807, 2.05) is 19.1 Å². The third-order valence-corrected chi connectivity index (χ3v) is 4.23. The van der Waals surface area contributed by atoms with Gasteiger partial charge in [0.1, 0.15) is 5.82 Å². The predicted octanol–water partition coefficient (Wildman–Crippen LogP) is 3.01. The molecular formula is C16H22N2O3. The maximum atomic E-state index is 12.2. The van der Waals surface area contributed by atoms with Crippen molar-refractivity contribution in [1.29, 1.82) is 0 Å². The normalized spacial score (nSPS) is 16.6. The van der Waals surface area contributed by atoms with Crippen LogP contribution in [0.25, 0.3) is 0 Å². The molecule has 0 bridgehead atoms. The molecule has 0 spiro atoms. The second kappa shape index (κ2) is 6.70. The van der Waals surface area contributed by atoms with Gasteiger partial charge in [0.15, 0.2) is 0 Å². The van der Waals surface area contributed by atoms with E-state index in [1.165, 1.54) is 0 Å². The second-order valence-corrected chi connectivity index (χ2v) is 5.91. The van der Waals surface area contributed by atoms with Crippen molar-refractivity contribution in [2.45, 2.75) is 51.9 Å². The summed E-state index contributed by atoms with van der Waals surface area (Å²) in [4.78, 5) is 27.4. The molecule has 1 fully saturated rings. The smallest absolute Gasteiger partial charge is 0.303 e. The first-order valence-corrected chi connectivity index (χ1v) is 7.50. The largest absolute Gasteiger partial charge is 0.481 e. The zero-order valence-electron chi connectivity index (χ0n) is 12.4. The van der Waals surface area contributed by atoms with E-state index >= 15 is 0 Å². The van der Waals surface area contributed by atoms with Crippen LogP contribution in [0.4, 0.5) is 5.82 Å². The number of pyridine rings is 1. The van der Waals surface area contributed by atoms with Crippen LogP contribution < -0.4 is 5.32 Å². The molecule has 1 aromatic rings. The first-order valence-electron chi connectivity index (χ1n) is 7.50. The number of carbonyl (C=O) groups is 2. The lowest BCUT2D eigenvalue weighted by atomic mass is 9.79. The Hall–Kier alpha value is -1.91. The summed E-state index contributed by atoms with van der Waals surface area (Å²) >= 11 is 0. The minimum Gasteiger partial charge on any atom is -0.481 e. The third kappa shape index (κ3) is 4.28. The van der Waals surface area contributed by atoms with Gasteiger partial charge in [0.2, 0.25) is 5.91 Å². The third-order valence-electron chi connectivity index (χ3n) is 4.23. The number of nitrogens with one attached hydrogen (secondary N) is 1. The van der Waals surface area contributed by atoms with Gasteiger partial charge in [-0.1, -0.05) is 19.8 Å². The number of hydrogen-bond donors (Lipinski definition) is 2. The van der Waals surface area contributed by atoms with Crippen LogP contribution in [-0.2, 0) is 16.0 Å². The highest BCUT2D eigenvalue weighted by atomic mass is 16.4. The highest BCUT2D eigenvalue weighted by Crippen LogP contribution is 2.44. The van der Waals surface area contributed by atoms with Gasteiger partial charge in [0.05, 0.1) is 6.42 Å². The highest BCUT2D eigenvalue weighted by molar-refractivity contribution is 5.90. The maximum absolute atomic E-state index is 12.2. The van der Waals surface area contributed by atoms with E-state index in [2.05, 4.69) is 10.3 Å². The SMILES string of the molecule is CCc1ccnc(NC(=O)CC2(CC(=O)O)CCCC2)c1. The minimum atomic E-state index is -0.823. The summed E-state index contributed by atoms with van der Waals surface area (Å²) in [5.41, 5.74) is 0.736. The summed E-state index contributed by atoms with van der Waals surface area (Å²) in [5, 5.41) is 11.9. The van der Waals surface area contributed by atoms with E-state index < -0.39 is 5.97 Å². The zero-order chi connectivity index (χ0) is 15.3. The van der Waals surface area contributed by atoms with Crippen LogP contribution in [0.1, 0.15) is 51.0 Å². The molecule has 5 heteroatoms. The summed E-state index contributed by atoms with van der Waals surface area (Å²) in [5.74, 6) is -0.419. The van der Waals surface area contributed by atoms with Crippen molar-refractivity contribution in [3.8, 4) is 0 Å². The summed E-state index contributed by atoms with van der Waals surface area (Å²) in [7, 11) is 0. The zero-order valence-corrected chi connectivity index (χ0v) is 12.4. The lowest BCUT2D eigenvalue weighted by Gasteiger charge is -2.26. The van der Waals surface area contributed by atoms with Crippen molar-refractivity contribution in [2.24, 2.45) is 5.41 Å². The lowest BCUT2D eigenvalue weighted by Crippen LogP contribution is -2.28. The summed E-state index contributed by atoms with van der Waals surface area (Å²) < 4.78 is 0. The Morgan fingerprint density at radius 2 is 2.05 bits per heavy atom. The Bertz CT molecular complexity index is 522. The van der Waals surface area contributed by atoms with Crippen molar-refractivity contribution < 1.29 is 14.7 Å². The van der Waals surface area contributed by atoms with Crippen LogP contribution in [0.2, 0.25) is 0 Å². The van der Waals surface area contributed by atoms with Crippen LogP contribution in [0.5, 0.6) is 0 Å². The Labute approximate surface area is 124 Å². The van der Waals surface area contributed by atoms with Crippen LogP contribution in [0.3, 0.4) is 0 Å². The number of carboxylic acids is 1. The molecule has 0 atom stereocenters. The number of rotatable bonds is 6. The van der Waals surface area contributed by atoms with E-state index in [-0.39, 0.29) is 24.2 Å². The van der Waals surface area contributed by atoms with Gasteiger partial charge in [-0.15, -0.1) is 0 Å². The molecule has 1 aliphatic rings. The molecule has 0 radical (unpaired) electrons. The Balaban J connectivity index is 2.00. The predicted molar refractivity (Wildman–Crippen MR) is 80.0 cm³/mol. The first-order chi connectivity index (χ1) is 10.0. The second-order valence-electron chi connectivity index (χ2n) is 5.91. The first kappa shape index (κ1) is 15.5. The minimum absolute atomic E-state index is 0.0723. The number of nitrogens with zero attached hydrogens (tertiary/aromatic N) is 1. The van der Waals surface area contributed by atoms with Crippen molar-refractivity contribution >= 4 is 17.7 Å². The Morgan fingerprint density at radius 1 is 1.33 bits per heavy atom. The molecule has 1 aliphatic carbocycles. The molecular weight excluding hydrogens is 268 g/mol. The number of carboxylic acid groups (broad SMARTS) is 1. The molecule has 2 rings (SSSR count). The highest BCUT2D eigenvalue weighted by Gasteiger charge is 2.38. The van der Waals surface area contributed by atoms with Gasteiger partial charge in [0.25, 0.3) is 0 Å². The number of hydrogen-bond acceptors (Lipinski definition) is 3. The Kier molecular flexibility index (Phi) is 4.94. The van der Waals surface area contributed by atoms with E-state index in [1.54, 1.807) is 6.20 Å². The van der Waals surface area contributed by atoms with E-state index in [9.17, 15) is 9.59 Å². The number of aromatic nitrogens is 1. The van der Waals surface area contributed by atoms with Gasteiger partial charge in [-0.25, -0.2) is 4.98 Å². The Morgan fingerprint density at radius 3 is 2.67 bits per heavy atom. The molecule has 2 N–H and O–H groups in total. The van der Waals surface area contributed by atoms with Crippen LogP contribution in [-0.4, -0.2) is 22.0 Å². The standard InChI is InChI=1S/C16H22N2O3/c1-2-12-5-8-17-13(9-12)18-14(19)10-16(11-15(20)21)6-3-4-7-16/h5,8-9H,2-4,6-7,10-11H2,1H3,(H,20,21)(H,17,18,19). The average Bonchev–Trinajstić information content (AvgIpc) is 2.85. The van der Waals surface area contributed by atoms with Gasteiger partial charge in [-0.2, -0.15) is 0 Å². The van der Waals surface area contributed by atoms with Gasteiger partial charge < -0.3 is 10.4 Å². The molecule has 5 nitrogen and oxygen atoms in total. The lowest BCUT2D eigenvalue weighted by molar-refractivity contribution is -0.140. The molecule has 1 amide bonds. The van der Waals surface area contributed by atoms with Crippen molar-refractivity contribution in [1.82, 2.24) is 4.98 Å². The van der Waals surface area contributed by atoms with Crippen molar-refractivity contribution in [3.63, 3.8) is 0 Å². The summed E-state index contributed by atoms with van der Waals surface area (Å²) in [6.45, 7) is 2.04.